The molecule has 1 unspecified atom stereocenters. The molecule has 0 aromatic heterocycles. The van der Waals surface area contributed by atoms with Gasteiger partial charge >= 0.3 is 0 Å². The summed E-state index contributed by atoms with van der Waals surface area (Å²) in [6.45, 7) is 1.54. The second-order valence-electron chi connectivity index (χ2n) is 5.39. The van der Waals surface area contributed by atoms with E-state index in [9.17, 15) is 8.42 Å². The fraction of sp³-hybridized carbons (Fsp3) is 0.571. The minimum Gasteiger partial charge on any atom is -0.394 e. The zero-order valence-corrected chi connectivity index (χ0v) is 12.6. The Bertz CT molecular complexity index is 617. The summed E-state index contributed by atoms with van der Waals surface area (Å²) >= 11 is 0. The van der Waals surface area contributed by atoms with Gasteiger partial charge in [0, 0.05) is 25.3 Å². The van der Waals surface area contributed by atoms with Crippen molar-refractivity contribution in [2.75, 3.05) is 38.2 Å². The molecule has 2 aliphatic heterocycles. The first-order valence-corrected chi connectivity index (χ1v) is 8.64. The lowest BCUT2D eigenvalue weighted by Gasteiger charge is -2.31. The van der Waals surface area contributed by atoms with Crippen LogP contribution in [-0.4, -0.2) is 56.8 Å². The average Bonchev–Trinajstić information content (AvgIpc) is 2.54. The van der Waals surface area contributed by atoms with Crippen molar-refractivity contribution in [3.63, 3.8) is 0 Å². The van der Waals surface area contributed by atoms with E-state index in [2.05, 4.69) is 5.32 Å². The van der Waals surface area contributed by atoms with Crippen LogP contribution in [0, 0.1) is 0 Å². The first-order chi connectivity index (χ1) is 10.1. The van der Waals surface area contributed by atoms with Gasteiger partial charge in [0.1, 0.15) is 0 Å². The van der Waals surface area contributed by atoms with Crippen LogP contribution in [0.15, 0.2) is 23.1 Å². The maximum Gasteiger partial charge on any atom is 0.243 e. The highest BCUT2D eigenvalue weighted by Crippen LogP contribution is 2.27. The Morgan fingerprint density at radius 2 is 2.29 bits per heavy atom. The van der Waals surface area contributed by atoms with E-state index >= 15 is 0 Å². The fourth-order valence-corrected chi connectivity index (χ4v) is 4.25. The van der Waals surface area contributed by atoms with E-state index in [1.165, 1.54) is 4.31 Å². The van der Waals surface area contributed by atoms with Gasteiger partial charge in [-0.1, -0.05) is 6.07 Å². The predicted molar refractivity (Wildman–Crippen MR) is 78.8 cm³/mol. The van der Waals surface area contributed by atoms with Crippen LogP contribution in [0.25, 0.3) is 0 Å². The SMILES string of the molecule is O=S(=O)(c1ccc2c(c1)NCCC2)N1CCOC(CO)C1. The van der Waals surface area contributed by atoms with Gasteiger partial charge in [0.15, 0.2) is 0 Å². The maximum atomic E-state index is 12.7. The molecule has 7 heteroatoms. The zero-order valence-electron chi connectivity index (χ0n) is 11.8. The molecule has 0 saturated carbocycles. The number of aryl methyl sites for hydroxylation is 1. The van der Waals surface area contributed by atoms with Gasteiger partial charge in [0.2, 0.25) is 10.0 Å². The molecule has 1 aromatic carbocycles. The topological polar surface area (TPSA) is 78.9 Å². The van der Waals surface area contributed by atoms with Crippen LogP contribution < -0.4 is 5.32 Å². The first kappa shape index (κ1) is 14.8. The van der Waals surface area contributed by atoms with Crippen molar-refractivity contribution >= 4 is 15.7 Å². The van der Waals surface area contributed by atoms with Crippen molar-refractivity contribution in [3.8, 4) is 0 Å². The number of aliphatic hydroxyl groups is 1. The number of sulfonamides is 1. The molecule has 116 valence electrons. The average molecular weight is 312 g/mol. The molecule has 0 spiro atoms. The molecule has 0 amide bonds. The standard InChI is InChI=1S/C14H20N2O4S/c17-10-12-9-16(6-7-20-12)21(18,19)13-4-3-11-2-1-5-15-14(11)8-13/h3-4,8,12,15,17H,1-2,5-7,9-10H2. The second-order valence-corrected chi connectivity index (χ2v) is 7.33. The Balaban J connectivity index is 1.87. The number of nitrogens with one attached hydrogen (secondary N) is 1. The molecule has 6 nitrogen and oxygen atoms in total. The molecule has 21 heavy (non-hydrogen) atoms. The van der Waals surface area contributed by atoms with E-state index < -0.39 is 16.1 Å². The molecule has 1 aromatic rings. The van der Waals surface area contributed by atoms with Gasteiger partial charge in [0.05, 0.1) is 24.2 Å². The van der Waals surface area contributed by atoms with Gasteiger partial charge in [-0.3, -0.25) is 0 Å². The Kier molecular flexibility index (Phi) is 4.17. The molecule has 0 bridgehead atoms. The van der Waals surface area contributed by atoms with Crippen molar-refractivity contribution in [1.29, 1.82) is 0 Å². The monoisotopic (exact) mass is 312 g/mol. The predicted octanol–water partition coefficient (Wildman–Crippen LogP) is 0.426. The van der Waals surface area contributed by atoms with Gasteiger partial charge in [0.25, 0.3) is 0 Å². The van der Waals surface area contributed by atoms with Gasteiger partial charge in [-0.05, 0) is 30.5 Å². The number of hydrogen-bond donors (Lipinski definition) is 2. The number of aliphatic hydroxyl groups excluding tert-OH is 1. The lowest BCUT2D eigenvalue weighted by Crippen LogP contribution is -2.46. The number of anilines is 1. The summed E-state index contributed by atoms with van der Waals surface area (Å²) in [6, 6.07) is 5.27. The summed E-state index contributed by atoms with van der Waals surface area (Å²) in [5, 5.41) is 12.4. The van der Waals surface area contributed by atoms with Crippen LogP contribution in [0.3, 0.4) is 0 Å². The van der Waals surface area contributed by atoms with Gasteiger partial charge in [-0.25, -0.2) is 8.42 Å². The smallest absolute Gasteiger partial charge is 0.243 e. The van der Waals surface area contributed by atoms with Crippen LogP contribution in [0.1, 0.15) is 12.0 Å². The largest absolute Gasteiger partial charge is 0.394 e. The summed E-state index contributed by atoms with van der Waals surface area (Å²) in [5.74, 6) is 0. The Labute approximate surface area is 124 Å². The van der Waals surface area contributed by atoms with Gasteiger partial charge < -0.3 is 15.2 Å². The number of hydrogen-bond acceptors (Lipinski definition) is 5. The lowest BCUT2D eigenvalue weighted by atomic mass is 10.0. The number of rotatable bonds is 3. The van der Waals surface area contributed by atoms with E-state index in [1.807, 2.05) is 6.07 Å². The summed E-state index contributed by atoms with van der Waals surface area (Å²) in [6.07, 6.45) is 1.61. The highest BCUT2D eigenvalue weighted by Gasteiger charge is 2.31. The van der Waals surface area contributed by atoms with Crippen LogP contribution in [-0.2, 0) is 21.2 Å². The summed E-state index contributed by atoms with van der Waals surface area (Å²) < 4.78 is 32.1. The number of ether oxygens (including phenoxy) is 1. The lowest BCUT2D eigenvalue weighted by molar-refractivity contribution is -0.0304. The summed E-state index contributed by atoms with van der Waals surface area (Å²) in [7, 11) is -3.54. The van der Waals surface area contributed by atoms with Crippen molar-refractivity contribution < 1.29 is 18.3 Å². The molecule has 0 radical (unpaired) electrons. The summed E-state index contributed by atoms with van der Waals surface area (Å²) in [5.41, 5.74) is 2.07. The molecule has 2 heterocycles. The maximum absolute atomic E-state index is 12.7. The van der Waals surface area contributed by atoms with Crippen LogP contribution in [0.5, 0.6) is 0 Å². The Hall–Kier alpha value is -1.15. The van der Waals surface area contributed by atoms with E-state index in [0.29, 0.717) is 18.0 Å². The highest BCUT2D eigenvalue weighted by atomic mass is 32.2. The highest BCUT2D eigenvalue weighted by molar-refractivity contribution is 7.89. The molecule has 1 saturated heterocycles. The normalized spacial score (nSPS) is 23.4. The first-order valence-electron chi connectivity index (χ1n) is 7.20. The molecule has 3 rings (SSSR count). The van der Waals surface area contributed by atoms with Crippen molar-refractivity contribution in [3.05, 3.63) is 23.8 Å². The van der Waals surface area contributed by atoms with Crippen molar-refractivity contribution in [1.82, 2.24) is 4.31 Å². The second kappa shape index (κ2) is 5.92. The van der Waals surface area contributed by atoms with E-state index in [1.54, 1.807) is 12.1 Å². The molecule has 1 fully saturated rings. The minimum atomic E-state index is -3.54. The van der Waals surface area contributed by atoms with E-state index in [4.69, 9.17) is 9.84 Å². The van der Waals surface area contributed by atoms with E-state index in [-0.39, 0.29) is 13.2 Å². The third kappa shape index (κ3) is 2.91. The van der Waals surface area contributed by atoms with Crippen LogP contribution in [0.4, 0.5) is 5.69 Å². The Morgan fingerprint density at radius 3 is 3.10 bits per heavy atom. The van der Waals surface area contributed by atoms with Gasteiger partial charge in [-0.2, -0.15) is 4.31 Å². The molecular formula is C14H20N2O4S. The summed E-state index contributed by atoms with van der Waals surface area (Å²) in [4.78, 5) is 0.300. The molecule has 1 atom stereocenters. The number of nitrogens with zero attached hydrogens (tertiary/aromatic N) is 1. The molecular weight excluding hydrogens is 292 g/mol. The molecule has 0 aliphatic carbocycles. The number of fused-ring (bicyclic) bond motifs is 1. The fourth-order valence-electron chi connectivity index (χ4n) is 2.77. The van der Waals surface area contributed by atoms with Crippen LogP contribution in [0.2, 0.25) is 0 Å². The quantitative estimate of drug-likeness (QED) is 0.846. The van der Waals surface area contributed by atoms with Crippen molar-refractivity contribution in [2.45, 2.75) is 23.8 Å². The zero-order chi connectivity index (χ0) is 14.9. The third-order valence-corrected chi connectivity index (χ3v) is 5.82. The van der Waals surface area contributed by atoms with Crippen molar-refractivity contribution in [2.24, 2.45) is 0 Å². The molecule has 2 N–H and O–H groups in total. The minimum absolute atomic E-state index is 0.169. The Morgan fingerprint density at radius 1 is 1.43 bits per heavy atom. The number of morpholine rings is 1. The molecule has 2 aliphatic rings. The number of benzene rings is 1. The van der Waals surface area contributed by atoms with Crippen LogP contribution >= 0.6 is 0 Å². The third-order valence-electron chi connectivity index (χ3n) is 3.96. The van der Waals surface area contributed by atoms with Gasteiger partial charge in [-0.15, -0.1) is 0 Å². The van der Waals surface area contributed by atoms with E-state index in [0.717, 1.165) is 30.6 Å².